The normalized spacial score (nSPS) is 11.6. The predicted molar refractivity (Wildman–Crippen MR) is 125 cm³/mol. The Balaban J connectivity index is 2.32. The smallest absolute Gasteiger partial charge is 0.408 e. The van der Waals surface area contributed by atoms with Crippen molar-refractivity contribution in [1.29, 1.82) is 5.26 Å². The van der Waals surface area contributed by atoms with Gasteiger partial charge in [-0.2, -0.15) is 5.26 Å². The lowest BCUT2D eigenvalue weighted by Crippen LogP contribution is -2.48. The molecule has 0 fully saturated rings. The molecule has 9 nitrogen and oxygen atoms in total. The van der Waals surface area contributed by atoms with Gasteiger partial charge in [-0.1, -0.05) is 48.5 Å². The van der Waals surface area contributed by atoms with Crippen LogP contribution in [0.1, 0.15) is 43.5 Å². The summed E-state index contributed by atoms with van der Waals surface area (Å²) in [5, 5.41) is 25.2. The number of hydrogen-bond donors (Lipinski definition) is 3. The van der Waals surface area contributed by atoms with Gasteiger partial charge in [0.05, 0.1) is 6.07 Å². The third-order valence-corrected chi connectivity index (χ3v) is 4.78. The van der Waals surface area contributed by atoms with Gasteiger partial charge in [-0.25, -0.2) is 4.79 Å². The Kier molecular flexibility index (Phi) is 9.01. The maximum absolute atomic E-state index is 13.3. The number of amides is 3. The molecular weight excluding hydrogens is 436 g/mol. The van der Waals surface area contributed by atoms with Crippen molar-refractivity contribution in [2.24, 2.45) is 0 Å². The van der Waals surface area contributed by atoms with Crippen molar-refractivity contribution in [2.45, 2.75) is 45.9 Å². The minimum atomic E-state index is -1.30. The summed E-state index contributed by atoms with van der Waals surface area (Å²) in [5.74, 6) is -1.42. The largest absolute Gasteiger partial charge is 0.507 e. The summed E-state index contributed by atoms with van der Waals surface area (Å²) in [4.78, 5) is 39.3. The zero-order chi connectivity index (χ0) is 25.3. The zero-order valence-electron chi connectivity index (χ0n) is 19.8. The van der Waals surface area contributed by atoms with Crippen molar-refractivity contribution < 1.29 is 24.2 Å². The lowest BCUT2D eigenvalue weighted by molar-refractivity contribution is -0.139. The van der Waals surface area contributed by atoms with E-state index < -0.39 is 42.6 Å². The van der Waals surface area contributed by atoms with Crippen molar-refractivity contribution >= 4 is 17.9 Å². The highest BCUT2D eigenvalue weighted by Gasteiger charge is 2.33. The van der Waals surface area contributed by atoms with Crippen LogP contribution in [0.5, 0.6) is 5.75 Å². The predicted octanol–water partition coefficient (Wildman–Crippen LogP) is 2.94. The maximum Gasteiger partial charge on any atom is 0.408 e. The first-order valence-corrected chi connectivity index (χ1v) is 10.8. The Labute approximate surface area is 199 Å². The number of phenols is 1. The Bertz CT molecular complexity index is 1060. The van der Waals surface area contributed by atoms with Gasteiger partial charge in [0.2, 0.25) is 11.8 Å². The van der Waals surface area contributed by atoms with Gasteiger partial charge >= 0.3 is 6.09 Å². The number of benzene rings is 2. The molecule has 0 aliphatic carbocycles. The van der Waals surface area contributed by atoms with Crippen LogP contribution in [-0.2, 0) is 20.9 Å². The monoisotopic (exact) mass is 466 g/mol. The molecule has 0 heterocycles. The van der Waals surface area contributed by atoms with Crippen LogP contribution in [0, 0.1) is 18.3 Å². The second-order valence-electron chi connectivity index (χ2n) is 8.65. The number of aryl methyl sites for hydroxylation is 1. The number of ether oxygens (including phenoxy) is 1. The Morgan fingerprint density at radius 2 is 1.76 bits per heavy atom. The van der Waals surface area contributed by atoms with Gasteiger partial charge in [0.25, 0.3) is 0 Å². The molecule has 1 unspecified atom stereocenters. The molecule has 0 spiro atoms. The number of nitrogens with zero attached hydrogens (tertiary/aromatic N) is 2. The van der Waals surface area contributed by atoms with Gasteiger partial charge in [-0.05, 0) is 38.8 Å². The Hall–Kier alpha value is -4.06. The molecule has 2 aromatic carbocycles. The van der Waals surface area contributed by atoms with Crippen molar-refractivity contribution in [3.63, 3.8) is 0 Å². The first-order chi connectivity index (χ1) is 16.0. The third kappa shape index (κ3) is 7.52. The van der Waals surface area contributed by atoms with E-state index in [0.717, 1.165) is 10.5 Å². The number of carbonyl (C=O) groups excluding carboxylic acids is 3. The van der Waals surface area contributed by atoms with Gasteiger partial charge in [0.15, 0.2) is 0 Å². The summed E-state index contributed by atoms with van der Waals surface area (Å²) in [7, 11) is 0. The van der Waals surface area contributed by atoms with Crippen LogP contribution < -0.4 is 10.6 Å². The second-order valence-corrected chi connectivity index (χ2v) is 8.65. The van der Waals surface area contributed by atoms with Crippen molar-refractivity contribution in [1.82, 2.24) is 15.5 Å². The van der Waals surface area contributed by atoms with Crippen LogP contribution in [0.3, 0.4) is 0 Å². The molecule has 0 aliphatic rings. The number of carbonyl (C=O) groups is 3. The molecular formula is C25H30N4O5. The third-order valence-electron chi connectivity index (χ3n) is 4.78. The first-order valence-electron chi connectivity index (χ1n) is 10.8. The van der Waals surface area contributed by atoms with Crippen LogP contribution in [0.25, 0.3) is 0 Å². The molecule has 0 bridgehead atoms. The Morgan fingerprint density at radius 3 is 2.38 bits per heavy atom. The molecule has 9 heteroatoms. The minimum absolute atomic E-state index is 0.154. The van der Waals surface area contributed by atoms with Crippen molar-refractivity contribution in [3.8, 4) is 11.8 Å². The van der Waals surface area contributed by atoms with Gasteiger partial charge < -0.3 is 25.4 Å². The number of alkyl carbamates (subject to hydrolysis) is 1. The van der Waals surface area contributed by atoms with Gasteiger partial charge in [-0.3, -0.25) is 9.59 Å². The number of para-hydroxylation sites is 1. The van der Waals surface area contributed by atoms with E-state index in [0.29, 0.717) is 5.56 Å². The lowest BCUT2D eigenvalue weighted by Gasteiger charge is -2.30. The van der Waals surface area contributed by atoms with E-state index >= 15 is 0 Å². The highest BCUT2D eigenvalue weighted by Crippen LogP contribution is 2.31. The second kappa shape index (κ2) is 11.7. The average Bonchev–Trinajstić information content (AvgIpc) is 2.78. The molecule has 34 heavy (non-hydrogen) atoms. The fourth-order valence-corrected chi connectivity index (χ4v) is 3.20. The van der Waals surface area contributed by atoms with Gasteiger partial charge in [0.1, 0.15) is 30.5 Å². The molecule has 180 valence electrons. The number of aromatic hydroxyl groups is 1. The molecule has 3 amide bonds. The highest BCUT2D eigenvalue weighted by molar-refractivity contribution is 5.91. The molecule has 2 aromatic rings. The summed E-state index contributed by atoms with van der Waals surface area (Å²) >= 11 is 0. The number of nitrogens with one attached hydrogen (secondary N) is 2. The first kappa shape index (κ1) is 26.2. The Morgan fingerprint density at radius 1 is 1.09 bits per heavy atom. The summed E-state index contributed by atoms with van der Waals surface area (Å²) in [6, 6.07) is 14.6. The van der Waals surface area contributed by atoms with E-state index in [9.17, 15) is 24.8 Å². The van der Waals surface area contributed by atoms with E-state index in [4.69, 9.17) is 4.74 Å². The SMILES string of the molecule is Cc1cccc(C(C(=O)NCc2ccccc2)N(CC#N)C(=O)CNC(=O)OC(C)(C)C)c1O. The van der Waals surface area contributed by atoms with Gasteiger partial charge in [-0.15, -0.1) is 0 Å². The van der Waals surface area contributed by atoms with Crippen LogP contribution in [0.4, 0.5) is 4.79 Å². The summed E-state index contributed by atoms with van der Waals surface area (Å²) in [5.41, 5.74) is 0.765. The summed E-state index contributed by atoms with van der Waals surface area (Å²) < 4.78 is 5.14. The van der Waals surface area contributed by atoms with Crippen molar-refractivity contribution in [3.05, 3.63) is 65.2 Å². The zero-order valence-corrected chi connectivity index (χ0v) is 19.8. The van der Waals surface area contributed by atoms with E-state index in [2.05, 4.69) is 10.6 Å². The van der Waals surface area contributed by atoms with E-state index in [1.54, 1.807) is 39.8 Å². The minimum Gasteiger partial charge on any atom is -0.507 e. The fraction of sp³-hybridized carbons (Fsp3) is 0.360. The highest BCUT2D eigenvalue weighted by atomic mass is 16.6. The number of phenolic OH excluding ortho intramolecular Hbond substituents is 1. The number of hydrogen-bond acceptors (Lipinski definition) is 6. The topological polar surface area (TPSA) is 132 Å². The molecule has 3 N–H and O–H groups in total. The number of nitriles is 1. The molecule has 1 atom stereocenters. The fourth-order valence-electron chi connectivity index (χ4n) is 3.20. The molecule has 0 saturated carbocycles. The average molecular weight is 467 g/mol. The van der Waals surface area contributed by atoms with E-state index in [1.165, 1.54) is 6.07 Å². The number of rotatable bonds is 8. The van der Waals surface area contributed by atoms with Crippen molar-refractivity contribution in [2.75, 3.05) is 13.1 Å². The summed E-state index contributed by atoms with van der Waals surface area (Å²) in [6.07, 6.45) is -0.804. The molecule has 0 aliphatic heterocycles. The molecule has 2 rings (SSSR count). The van der Waals surface area contributed by atoms with Crippen LogP contribution in [0.15, 0.2) is 48.5 Å². The molecule has 0 radical (unpaired) electrons. The summed E-state index contributed by atoms with van der Waals surface area (Å²) in [6.45, 7) is 5.97. The quantitative estimate of drug-likeness (QED) is 0.513. The van der Waals surface area contributed by atoms with E-state index in [-0.39, 0.29) is 17.9 Å². The molecule has 0 aromatic heterocycles. The van der Waals surface area contributed by atoms with Crippen LogP contribution >= 0.6 is 0 Å². The molecule has 0 saturated heterocycles. The van der Waals surface area contributed by atoms with Crippen LogP contribution in [0.2, 0.25) is 0 Å². The van der Waals surface area contributed by atoms with Gasteiger partial charge in [0, 0.05) is 12.1 Å². The van der Waals surface area contributed by atoms with E-state index in [1.807, 2.05) is 36.4 Å². The maximum atomic E-state index is 13.3. The lowest BCUT2D eigenvalue weighted by atomic mass is 10.00. The standard InChI is InChI=1S/C25H30N4O5/c1-17-9-8-12-19(22(17)31)21(23(32)27-15-18-10-6-5-7-11-18)29(14-13-26)20(30)16-28-24(33)34-25(2,3)4/h5-12,21,31H,14-16H2,1-4H3,(H,27,32)(H,28,33). The van der Waals surface area contributed by atoms with Crippen LogP contribution in [-0.4, -0.2) is 46.6 Å².